The summed E-state index contributed by atoms with van der Waals surface area (Å²) in [5.74, 6) is 2.17. The second-order valence-electron chi connectivity index (χ2n) is 6.56. The first-order chi connectivity index (χ1) is 10.5. The standard InChI is InChI=1S/C16H26N4S2/c1-11-6-19(7-12(2)21-11)15-5-16(18-10-17-15)20-8-13(3)22-14(4)9-20/h5,10-14H,6-9H2,1-4H3. The van der Waals surface area contributed by atoms with Crippen molar-refractivity contribution in [2.75, 3.05) is 36.0 Å². The number of hydrogen-bond donors (Lipinski definition) is 0. The highest BCUT2D eigenvalue weighted by Gasteiger charge is 2.26. The molecule has 22 heavy (non-hydrogen) atoms. The fourth-order valence-corrected chi connectivity index (χ4v) is 6.06. The van der Waals surface area contributed by atoms with Crippen molar-refractivity contribution in [3.8, 4) is 0 Å². The summed E-state index contributed by atoms with van der Waals surface area (Å²) in [6.07, 6.45) is 1.73. The van der Waals surface area contributed by atoms with Crippen LogP contribution >= 0.6 is 23.5 Å². The minimum atomic E-state index is 0.661. The topological polar surface area (TPSA) is 32.3 Å². The van der Waals surface area contributed by atoms with Gasteiger partial charge >= 0.3 is 0 Å². The molecule has 0 N–H and O–H groups in total. The average molecular weight is 339 g/mol. The number of anilines is 2. The van der Waals surface area contributed by atoms with E-state index in [2.05, 4.69) is 77.1 Å². The Hall–Kier alpha value is -0.620. The molecule has 3 rings (SSSR count). The van der Waals surface area contributed by atoms with Gasteiger partial charge in [0.05, 0.1) is 0 Å². The third-order valence-electron chi connectivity index (χ3n) is 4.13. The molecule has 2 saturated heterocycles. The minimum absolute atomic E-state index is 0.661. The van der Waals surface area contributed by atoms with E-state index in [4.69, 9.17) is 0 Å². The van der Waals surface area contributed by atoms with Gasteiger partial charge in [-0.2, -0.15) is 23.5 Å². The van der Waals surface area contributed by atoms with E-state index in [0.29, 0.717) is 21.0 Å². The molecule has 122 valence electrons. The number of rotatable bonds is 2. The molecule has 0 radical (unpaired) electrons. The first-order valence-electron chi connectivity index (χ1n) is 8.14. The molecule has 2 aliphatic rings. The van der Waals surface area contributed by atoms with Crippen LogP contribution in [-0.4, -0.2) is 57.1 Å². The molecule has 0 amide bonds. The number of aromatic nitrogens is 2. The fraction of sp³-hybridized carbons (Fsp3) is 0.750. The Bertz CT molecular complexity index is 451. The van der Waals surface area contributed by atoms with Crippen LogP contribution < -0.4 is 9.80 Å². The summed E-state index contributed by atoms with van der Waals surface area (Å²) in [6, 6.07) is 2.19. The van der Waals surface area contributed by atoms with Crippen molar-refractivity contribution in [2.24, 2.45) is 0 Å². The average Bonchev–Trinajstić information content (AvgIpc) is 2.45. The summed E-state index contributed by atoms with van der Waals surface area (Å²) in [5, 5.41) is 2.64. The number of thioether (sulfide) groups is 2. The third-order valence-corrected chi connectivity index (χ3v) is 6.58. The highest BCUT2D eigenvalue weighted by molar-refractivity contribution is 8.00. The van der Waals surface area contributed by atoms with E-state index >= 15 is 0 Å². The summed E-state index contributed by atoms with van der Waals surface area (Å²) < 4.78 is 0. The summed E-state index contributed by atoms with van der Waals surface area (Å²) in [6.45, 7) is 13.5. The molecule has 0 aromatic carbocycles. The molecule has 0 bridgehead atoms. The minimum Gasteiger partial charge on any atom is -0.354 e. The first kappa shape index (κ1) is 16.2. The second kappa shape index (κ2) is 6.87. The highest BCUT2D eigenvalue weighted by atomic mass is 32.2. The van der Waals surface area contributed by atoms with Crippen molar-refractivity contribution >= 4 is 35.2 Å². The third kappa shape index (κ3) is 3.82. The van der Waals surface area contributed by atoms with E-state index in [0.717, 1.165) is 37.8 Å². The van der Waals surface area contributed by atoms with Crippen LogP contribution in [0.2, 0.25) is 0 Å². The van der Waals surface area contributed by atoms with Crippen LogP contribution in [-0.2, 0) is 0 Å². The largest absolute Gasteiger partial charge is 0.354 e. The molecule has 3 heterocycles. The van der Waals surface area contributed by atoms with Gasteiger partial charge in [-0.3, -0.25) is 0 Å². The van der Waals surface area contributed by atoms with Crippen LogP contribution in [0.5, 0.6) is 0 Å². The molecule has 4 nitrogen and oxygen atoms in total. The molecule has 1 aromatic heterocycles. The molecule has 2 aliphatic heterocycles. The van der Waals surface area contributed by atoms with Crippen LogP contribution in [0.15, 0.2) is 12.4 Å². The summed E-state index contributed by atoms with van der Waals surface area (Å²) in [7, 11) is 0. The fourth-order valence-electron chi connectivity index (χ4n) is 3.41. The Balaban J connectivity index is 1.77. The summed E-state index contributed by atoms with van der Waals surface area (Å²) in [4.78, 5) is 13.9. The Kier molecular flexibility index (Phi) is 5.07. The molecule has 0 saturated carbocycles. The lowest BCUT2D eigenvalue weighted by Crippen LogP contribution is -2.42. The van der Waals surface area contributed by atoms with Gasteiger partial charge < -0.3 is 9.80 Å². The monoisotopic (exact) mass is 338 g/mol. The quantitative estimate of drug-likeness (QED) is 0.824. The van der Waals surface area contributed by atoms with E-state index in [1.165, 1.54) is 0 Å². The van der Waals surface area contributed by atoms with Gasteiger partial charge in [0.1, 0.15) is 18.0 Å². The maximum atomic E-state index is 4.54. The molecule has 0 spiro atoms. The van der Waals surface area contributed by atoms with Crippen molar-refractivity contribution in [1.29, 1.82) is 0 Å². The predicted octanol–water partition coefficient (Wildman–Crippen LogP) is 3.14. The van der Waals surface area contributed by atoms with Crippen LogP contribution in [0.4, 0.5) is 11.6 Å². The molecule has 0 aliphatic carbocycles. The smallest absolute Gasteiger partial charge is 0.134 e. The number of nitrogens with zero attached hydrogens (tertiary/aromatic N) is 4. The van der Waals surface area contributed by atoms with E-state index in [1.807, 2.05) is 0 Å². The first-order valence-corrected chi connectivity index (χ1v) is 10.0. The second-order valence-corrected chi connectivity index (χ2v) is 10.3. The molecule has 1 aromatic rings. The number of hydrogen-bond acceptors (Lipinski definition) is 6. The molecule has 4 unspecified atom stereocenters. The van der Waals surface area contributed by atoms with Crippen molar-refractivity contribution in [2.45, 2.75) is 48.7 Å². The van der Waals surface area contributed by atoms with Gasteiger partial charge in [0.25, 0.3) is 0 Å². The zero-order chi connectivity index (χ0) is 15.7. The van der Waals surface area contributed by atoms with Crippen LogP contribution in [0.1, 0.15) is 27.7 Å². The maximum absolute atomic E-state index is 4.54. The normalized spacial score (nSPS) is 33.1. The lowest BCUT2D eigenvalue weighted by Gasteiger charge is -2.37. The van der Waals surface area contributed by atoms with Crippen molar-refractivity contribution < 1.29 is 0 Å². The van der Waals surface area contributed by atoms with Gasteiger partial charge in [0.2, 0.25) is 0 Å². The lowest BCUT2D eigenvalue weighted by atomic mass is 10.3. The van der Waals surface area contributed by atoms with Gasteiger partial charge in [0, 0.05) is 53.2 Å². The van der Waals surface area contributed by atoms with Gasteiger partial charge in [-0.1, -0.05) is 27.7 Å². The summed E-state index contributed by atoms with van der Waals surface area (Å²) in [5.41, 5.74) is 0. The van der Waals surface area contributed by atoms with Gasteiger partial charge in [-0.05, 0) is 0 Å². The van der Waals surface area contributed by atoms with E-state index in [9.17, 15) is 0 Å². The van der Waals surface area contributed by atoms with Crippen molar-refractivity contribution in [3.05, 3.63) is 12.4 Å². The molecular formula is C16H26N4S2. The van der Waals surface area contributed by atoms with Crippen molar-refractivity contribution in [1.82, 2.24) is 9.97 Å². The molecular weight excluding hydrogens is 312 g/mol. The highest BCUT2D eigenvalue weighted by Crippen LogP contribution is 2.31. The maximum Gasteiger partial charge on any atom is 0.134 e. The van der Waals surface area contributed by atoms with Crippen molar-refractivity contribution in [3.63, 3.8) is 0 Å². The Labute approximate surface area is 142 Å². The summed E-state index contributed by atoms with van der Waals surface area (Å²) >= 11 is 4.15. The zero-order valence-corrected chi connectivity index (χ0v) is 15.5. The predicted molar refractivity (Wildman–Crippen MR) is 99.5 cm³/mol. The van der Waals surface area contributed by atoms with Gasteiger partial charge in [0.15, 0.2) is 0 Å². The molecule has 6 heteroatoms. The zero-order valence-electron chi connectivity index (χ0n) is 13.9. The Morgan fingerprint density at radius 2 is 1.14 bits per heavy atom. The Morgan fingerprint density at radius 3 is 1.50 bits per heavy atom. The van der Waals surface area contributed by atoms with E-state index in [1.54, 1.807) is 6.33 Å². The van der Waals surface area contributed by atoms with Crippen LogP contribution in [0.25, 0.3) is 0 Å². The van der Waals surface area contributed by atoms with Crippen LogP contribution in [0.3, 0.4) is 0 Å². The van der Waals surface area contributed by atoms with Gasteiger partial charge in [-0.15, -0.1) is 0 Å². The molecule has 2 fully saturated rings. The Morgan fingerprint density at radius 1 is 0.773 bits per heavy atom. The van der Waals surface area contributed by atoms with E-state index < -0.39 is 0 Å². The van der Waals surface area contributed by atoms with Crippen LogP contribution in [0, 0.1) is 0 Å². The van der Waals surface area contributed by atoms with E-state index in [-0.39, 0.29) is 0 Å². The van der Waals surface area contributed by atoms with Gasteiger partial charge in [-0.25, -0.2) is 9.97 Å². The lowest BCUT2D eigenvalue weighted by molar-refractivity contribution is 0.704. The SMILES string of the molecule is CC1CN(c2cc(N3CC(C)SC(C)C3)ncn2)CC(C)S1. The molecule has 4 atom stereocenters.